The molecule has 1 rings (SSSR count). The second-order valence-corrected chi connectivity index (χ2v) is 5.54. The van der Waals surface area contributed by atoms with Crippen LogP contribution in [-0.2, 0) is 14.3 Å². The minimum atomic E-state index is -0.756. The van der Waals surface area contributed by atoms with Gasteiger partial charge in [-0.05, 0) is 12.5 Å². The van der Waals surface area contributed by atoms with E-state index in [4.69, 9.17) is 33.7 Å². The van der Waals surface area contributed by atoms with E-state index >= 15 is 0 Å². The second-order valence-electron chi connectivity index (χ2n) is 4.76. The van der Waals surface area contributed by atoms with Gasteiger partial charge in [0.15, 0.2) is 0 Å². The number of unbranched alkanes of at least 4 members (excludes halogenated alkanes) is 3. The van der Waals surface area contributed by atoms with Gasteiger partial charge in [0.2, 0.25) is 5.91 Å². The van der Waals surface area contributed by atoms with E-state index < -0.39 is 11.9 Å². The number of ether oxygens (including phenoxy) is 1. The Morgan fingerprint density at radius 3 is 2.59 bits per heavy atom. The van der Waals surface area contributed by atoms with Crippen LogP contribution in [0.15, 0.2) is 24.3 Å². The van der Waals surface area contributed by atoms with Gasteiger partial charge in [-0.25, -0.2) is 4.79 Å². The topological polar surface area (TPSA) is 69.4 Å². The number of benzene rings is 1. The van der Waals surface area contributed by atoms with Crippen molar-refractivity contribution in [3.05, 3.63) is 39.9 Å². The van der Waals surface area contributed by atoms with Gasteiger partial charge in [0.1, 0.15) is 0 Å². The molecule has 1 aromatic rings. The first-order chi connectivity index (χ1) is 10.5. The van der Waals surface area contributed by atoms with E-state index in [2.05, 4.69) is 6.92 Å². The predicted octanol–water partition coefficient (Wildman–Crippen LogP) is 3.99. The zero-order valence-electron chi connectivity index (χ0n) is 12.4. The quantitative estimate of drug-likeness (QED) is 0.440. The molecule has 0 aliphatic rings. The summed E-state index contributed by atoms with van der Waals surface area (Å²) in [5, 5.41) is 0.463. The molecule has 0 saturated heterocycles. The van der Waals surface area contributed by atoms with Gasteiger partial charge in [0.25, 0.3) is 0 Å². The van der Waals surface area contributed by atoms with Crippen LogP contribution in [-0.4, -0.2) is 18.5 Å². The monoisotopic (exact) mass is 343 g/mol. The Morgan fingerprint density at radius 2 is 1.95 bits per heavy atom. The third-order valence-corrected chi connectivity index (χ3v) is 3.80. The molecular formula is C16H19Cl2NO3. The standard InChI is InChI=1S/C16H19Cl2NO3/c1-2-3-4-5-9-22-16(21)12(10-14(19)20)11-7-6-8-13(17)15(11)18/h6-8,10H,2-5,9H2,1H3,(H2,19,20). The van der Waals surface area contributed by atoms with Crippen molar-refractivity contribution >= 4 is 40.7 Å². The van der Waals surface area contributed by atoms with E-state index in [1.807, 2.05) is 0 Å². The first kappa shape index (κ1) is 18.5. The molecule has 2 N–H and O–H groups in total. The average molecular weight is 344 g/mol. The van der Waals surface area contributed by atoms with Gasteiger partial charge in [0, 0.05) is 11.6 Å². The largest absolute Gasteiger partial charge is 0.462 e. The molecule has 0 aliphatic heterocycles. The average Bonchev–Trinajstić information content (AvgIpc) is 2.47. The van der Waals surface area contributed by atoms with Crippen molar-refractivity contribution in [1.82, 2.24) is 0 Å². The molecule has 1 aromatic carbocycles. The fourth-order valence-corrected chi connectivity index (χ4v) is 2.27. The number of primary amides is 1. The molecule has 0 aliphatic carbocycles. The number of nitrogens with two attached hydrogens (primary N) is 1. The highest BCUT2D eigenvalue weighted by Crippen LogP contribution is 2.31. The number of halogens is 2. The Labute approximate surface area is 140 Å². The number of hydrogen-bond acceptors (Lipinski definition) is 3. The molecule has 0 atom stereocenters. The number of carbonyl (C=O) groups is 2. The van der Waals surface area contributed by atoms with Gasteiger partial charge in [-0.2, -0.15) is 0 Å². The van der Waals surface area contributed by atoms with Gasteiger partial charge in [0.05, 0.1) is 22.2 Å². The van der Waals surface area contributed by atoms with E-state index in [1.165, 1.54) is 0 Å². The highest BCUT2D eigenvalue weighted by Gasteiger charge is 2.18. The lowest BCUT2D eigenvalue weighted by Crippen LogP contribution is -2.14. The lowest BCUT2D eigenvalue weighted by molar-refractivity contribution is -0.136. The van der Waals surface area contributed by atoms with Crippen LogP contribution >= 0.6 is 23.2 Å². The van der Waals surface area contributed by atoms with Gasteiger partial charge in [-0.15, -0.1) is 0 Å². The van der Waals surface area contributed by atoms with Gasteiger partial charge >= 0.3 is 5.97 Å². The van der Waals surface area contributed by atoms with Crippen molar-refractivity contribution in [2.75, 3.05) is 6.61 Å². The molecular weight excluding hydrogens is 325 g/mol. The molecule has 0 aromatic heterocycles. The summed E-state index contributed by atoms with van der Waals surface area (Å²) in [6.07, 6.45) is 4.94. The maximum atomic E-state index is 12.2. The van der Waals surface area contributed by atoms with Gasteiger partial charge in [-0.3, -0.25) is 4.79 Å². The van der Waals surface area contributed by atoms with Crippen LogP contribution in [0, 0.1) is 0 Å². The van der Waals surface area contributed by atoms with Crippen molar-refractivity contribution in [2.45, 2.75) is 32.6 Å². The third-order valence-electron chi connectivity index (χ3n) is 2.98. The molecule has 0 unspecified atom stereocenters. The lowest BCUT2D eigenvalue weighted by atomic mass is 10.1. The summed E-state index contributed by atoms with van der Waals surface area (Å²) in [6, 6.07) is 4.81. The molecule has 0 radical (unpaired) electrons. The van der Waals surface area contributed by atoms with E-state index in [9.17, 15) is 9.59 Å². The van der Waals surface area contributed by atoms with Crippen LogP contribution in [0.1, 0.15) is 38.2 Å². The molecule has 22 heavy (non-hydrogen) atoms. The number of hydrogen-bond donors (Lipinski definition) is 1. The van der Waals surface area contributed by atoms with Crippen molar-refractivity contribution in [1.29, 1.82) is 0 Å². The summed E-state index contributed by atoms with van der Waals surface area (Å²) in [5.74, 6) is -1.39. The molecule has 120 valence electrons. The molecule has 4 nitrogen and oxygen atoms in total. The zero-order valence-corrected chi connectivity index (χ0v) is 13.9. The minimum Gasteiger partial charge on any atom is -0.462 e. The smallest absolute Gasteiger partial charge is 0.338 e. The molecule has 0 fully saturated rings. The van der Waals surface area contributed by atoms with Crippen LogP contribution in [0.4, 0.5) is 0 Å². The Bertz CT molecular complexity index is 571. The van der Waals surface area contributed by atoms with Crippen molar-refractivity contribution < 1.29 is 14.3 Å². The summed E-state index contributed by atoms with van der Waals surface area (Å²) >= 11 is 12.0. The van der Waals surface area contributed by atoms with Gasteiger partial charge < -0.3 is 10.5 Å². The van der Waals surface area contributed by atoms with E-state index in [0.717, 1.165) is 31.8 Å². The maximum Gasteiger partial charge on any atom is 0.338 e. The molecule has 0 heterocycles. The van der Waals surface area contributed by atoms with Crippen molar-refractivity contribution in [3.63, 3.8) is 0 Å². The maximum absolute atomic E-state index is 12.2. The van der Waals surface area contributed by atoms with Gasteiger partial charge in [-0.1, -0.05) is 61.5 Å². The van der Waals surface area contributed by atoms with Crippen molar-refractivity contribution in [3.8, 4) is 0 Å². The number of amides is 1. The predicted molar refractivity (Wildman–Crippen MR) is 88.7 cm³/mol. The van der Waals surface area contributed by atoms with Crippen LogP contribution in [0.3, 0.4) is 0 Å². The Morgan fingerprint density at radius 1 is 1.23 bits per heavy atom. The van der Waals surface area contributed by atoms with E-state index in [0.29, 0.717) is 5.56 Å². The van der Waals surface area contributed by atoms with Crippen molar-refractivity contribution in [2.24, 2.45) is 5.73 Å². The highest BCUT2D eigenvalue weighted by molar-refractivity contribution is 6.44. The van der Waals surface area contributed by atoms with Crippen LogP contribution in [0.5, 0.6) is 0 Å². The first-order valence-corrected chi connectivity index (χ1v) is 7.85. The summed E-state index contributed by atoms with van der Waals surface area (Å²) in [5.41, 5.74) is 5.49. The highest BCUT2D eigenvalue weighted by atomic mass is 35.5. The number of rotatable bonds is 8. The van der Waals surface area contributed by atoms with Crippen LogP contribution < -0.4 is 5.73 Å². The Balaban J connectivity index is 2.88. The summed E-state index contributed by atoms with van der Waals surface area (Å²) < 4.78 is 5.18. The van der Waals surface area contributed by atoms with Crippen LogP contribution in [0.25, 0.3) is 5.57 Å². The summed E-state index contributed by atoms with van der Waals surface area (Å²) in [6.45, 7) is 2.38. The fraction of sp³-hybridized carbons (Fsp3) is 0.375. The molecule has 6 heteroatoms. The molecule has 0 spiro atoms. The molecule has 0 bridgehead atoms. The number of esters is 1. The number of carbonyl (C=O) groups excluding carboxylic acids is 2. The molecule has 1 amide bonds. The Kier molecular flexibility index (Phi) is 7.99. The van der Waals surface area contributed by atoms with E-state index in [1.54, 1.807) is 18.2 Å². The lowest BCUT2D eigenvalue weighted by Gasteiger charge is -2.10. The summed E-state index contributed by atoms with van der Waals surface area (Å²) in [7, 11) is 0. The zero-order chi connectivity index (χ0) is 16.5. The first-order valence-electron chi connectivity index (χ1n) is 7.10. The fourth-order valence-electron chi connectivity index (χ4n) is 1.87. The van der Waals surface area contributed by atoms with Crippen LogP contribution in [0.2, 0.25) is 10.0 Å². The molecule has 0 saturated carbocycles. The Hall–Kier alpha value is -1.52. The van der Waals surface area contributed by atoms with E-state index in [-0.39, 0.29) is 22.2 Å². The summed E-state index contributed by atoms with van der Waals surface area (Å²) in [4.78, 5) is 23.3. The SMILES string of the molecule is CCCCCCOC(=O)C(=CC(N)=O)c1cccc(Cl)c1Cl. The normalized spacial score (nSPS) is 11.3. The third kappa shape index (κ3) is 5.70. The second kappa shape index (κ2) is 9.49. The minimum absolute atomic E-state index is 0.00971.